The summed E-state index contributed by atoms with van der Waals surface area (Å²) in [5.74, 6) is 0.981. The number of anilines is 3. The second-order valence-electron chi connectivity index (χ2n) is 6.18. The van der Waals surface area contributed by atoms with Gasteiger partial charge in [0.25, 0.3) is 0 Å². The van der Waals surface area contributed by atoms with Gasteiger partial charge in [-0.2, -0.15) is 0 Å². The molecule has 0 aliphatic heterocycles. The number of aliphatic hydroxyl groups excluding tert-OH is 1. The fourth-order valence-corrected chi connectivity index (χ4v) is 2.84. The van der Waals surface area contributed by atoms with Gasteiger partial charge in [-0.15, -0.1) is 0 Å². The number of carbonyl (C=O) groups is 1. The third kappa shape index (κ3) is 4.84. The van der Waals surface area contributed by atoms with Crippen molar-refractivity contribution in [1.29, 1.82) is 0 Å². The molecular formula is C22H24N4O4. The minimum Gasteiger partial charge on any atom is -0.495 e. The van der Waals surface area contributed by atoms with Crippen molar-refractivity contribution in [3.8, 4) is 17.1 Å². The van der Waals surface area contributed by atoms with Crippen molar-refractivity contribution in [3.05, 3.63) is 60.2 Å². The minimum absolute atomic E-state index is 0.123. The first-order valence-electron chi connectivity index (χ1n) is 9.57. The van der Waals surface area contributed by atoms with Crippen LogP contribution in [-0.2, 0) is 4.74 Å². The van der Waals surface area contributed by atoms with Gasteiger partial charge < -0.3 is 25.2 Å². The molecule has 3 N–H and O–H groups in total. The topological polar surface area (TPSA) is 106 Å². The number of para-hydroxylation sites is 2. The Morgan fingerprint density at radius 2 is 1.73 bits per heavy atom. The summed E-state index contributed by atoms with van der Waals surface area (Å²) >= 11 is 0. The Hall–Kier alpha value is -3.65. The largest absolute Gasteiger partial charge is 0.495 e. The van der Waals surface area contributed by atoms with E-state index in [0.717, 1.165) is 5.56 Å². The van der Waals surface area contributed by atoms with Gasteiger partial charge in [0.15, 0.2) is 11.6 Å². The highest BCUT2D eigenvalue weighted by Gasteiger charge is 2.23. The number of ether oxygens (including phenoxy) is 2. The number of methoxy groups -OCH3 is 1. The van der Waals surface area contributed by atoms with E-state index in [9.17, 15) is 9.90 Å². The summed E-state index contributed by atoms with van der Waals surface area (Å²) in [6, 6.07) is 16.7. The van der Waals surface area contributed by atoms with Crippen molar-refractivity contribution < 1.29 is 19.4 Å². The first-order chi connectivity index (χ1) is 14.7. The van der Waals surface area contributed by atoms with Gasteiger partial charge >= 0.3 is 5.97 Å². The van der Waals surface area contributed by atoms with Gasteiger partial charge in [-0.05, 0) is 19.1 Å². The number of carbonyl (C=O) groups excluding carboxylic acids is 1. The average molecular weight is 408 g/mol. The number of aliphatic hydroxyl groups is 1. The van der Waals surface area contributed by atoms with E-state index in [4.69, 9.17) is 9.47 Å². The second-order valence-corrected chi connectivity index (χ2v) is 6.18. The number of nitrogens with one attached hydrogen (secondary N) is 2. The Balaban J connectivity index is 2.17. The Labute approximate surface area is 174 Å². The molecule has 0 spiro atoms. The van der Waals surface area contributed by atoms with Crippen LogP contribution >= 0.6 is 0 Å². The van der Waals surface area contributed by atoms with Gasteiger partial charge in [-0.25, -0.2) is 14.8 Å². The molecule has 30 heavy (non-hydrogen) atoms. The quantitative estimate of drug-likeness (QED) is 0.462. The molecule has 156 valence electrons. The van der Waals surface area contributed by atoms with Gasteiger partial charge in [-0.3, -0.25) is 0 Å². The molecular weight excluding hydrogens is 384 g/mol. The van der Waals surface area contributed by atoms with E-state index in [0.29, 0.717) is 17.3 Å². The summed E-state index contributed by atoms with van der Waals surface area (Å²) in [4.78, 5) is 21.9. The number of nitrogens with zero attached hydrogens (tertiary/aromatic N) is 2. The van der Waals surface area contributed by atoms with Crippen LogP contribution in [0.15, 0.2) is 54.6 Å². The summed E-state index contributed by atoms with van der Waals surface area (Å²) in [7, 11) is 1.57. The molecule has 2 aromatic carbocycles. The molecule has 0 aliphatic carbocycles. The lowest BCUT2D eigenvalue weighted by molar-refractivity contribution is 0.0528. The number of hydrogen-bond donors (Lipinski definition) is 3. The van der Waals surface area contributed by atoms with Gasteiger partial charge in [0.05, 0.1) is 26.0 Å². The first kappa shape index (κ1) is 21.1. The average Bonchev–Trinajstić information content (AvgIpc) is 2.78. The molecule has 3 rings (SSSR count). The minimum atomic E-state index is -0.574. The standard InChI is InChI=1S/C22H24N4O4/c1-3-30-22(28)18-20(23-13-14-27)25-19(15-9-5-4-6-10-15)26-21(18)24-16-11-7-8-12-17(16)29-2/h4-12,27H,3,13-14H2,1-2H3,(H2,23,24,25,26). The third-order valence-electron chi connectivity index (χ3n) is 4.18. The van der Waals surface area contributed by atoms with E-state index in [1.165, 1.54) is 0 Å². The number of benzene rings is 2. The Bertz CT molecular complexity index is 996. The maximum atomic E-state index is 12.8. The lowest BCUT2D eigenvalue weighted by atomic mass is 10.2. The highest BCUT2D eigenvalue weighted by Crippen LogP contribution is 2.32. The van der Waals surface area contributed by atoms with Crippen LogP contribution in [0.3, 0.4) is 0 Å². The number of aromatic nitrogens is 2. The predicted molar refractivity (Wildman–Crippen MR) is 115 cm³/mol. The molecule has 0 saturated heterocycles. The van der Waals surface area contributed by atoms with Crippen LogP contribution in [0, 0.1) is 0 Å². The molecule has 0 unspecified atom stereocenters. The van der Waals surface area contributed by atoms with Gasteiger partial charge in [-0.1, -0.05) is 42.5 Å². The monoisotopic (exact) mass is 408 g/mol. The van der Waals surface area contributed by atoms with Crippen molar-refractivity contribution in [2.45, 2.75) is 6.92 Å². The molecule has 1 aromatic heterocycles. The molecule has 0 aliphatic rings. The zero-order valence-electron chi connectivity index (χ0n) is 16.9. The van der Waals surface area contributed by atoms with Crippen molar-refractivity contribution >= 4 is 23.3 Å². The highest BCUT2D eigenvalue weighted by molar-refractivity contribution is 6.01. The van der Waals surface area contributed by atoms with Crippen LogP contribution in [0.1, 0.15) is 17.3 Å². The molecule has 8 nitrogen and oxygen atoms in total. The Kier molecular flexibility index (Phi) is 7.18. The predicted octanol–water partition coefficient (Wildman–Crippen LogP) is 3.48. The van der Waals surface area contributed by atoms with Gasteiger partial charge in [0, 0.05) is 12.1 Å². The summed E-state index contributed by atoms with van der Waals surface area (Å²) in [5.41, 5.74) is 1.57. The fourth-order valence-electron chi connectivity index (χ4n) is 2.84. The highest BCUT2D eigenvalue weighted by atomic mass is 16.5. The lowest BCUT2D eigenvalue weighted by Gasteiger charge is -2.17. The van der Waals surface area contributed by atoms with E-state index in [-0.39, 0.29) is 37.0 Å². The van der Waals surface area contributed by atoms with Crippen LogP contribution < -0.4 is 15.4 Å². The molecule has 0 atom stereocenters. The van der Waals surface area contributed by atoms with Crippen LogP contribution in [0.5, 0.6) is 5.75 Å². The van der Waals surface area contributed by atoms with Crippen LogP contribution in [0.25, 0.3) is 11.4 Å². The second kappa shape index (κ2) is 10.2. The van der Waals surface area contributed by atoms with Gasteiger partial charge in [0.2, 0.25) is 0 Å². The lowest BCUT2D eigenvalue weighted by Crippen LogP contribution is -2.17. The molecule has 0 bridgehead atoms. The van der Waals surface area contributed by atoms with Crippen LogP contribution in [0.4, 0.5) is 17.3 Å². The maximum absolute atomic E-state index is 12.8. The number of rotatable bonds is 9. The molecule has 0 saturated carbocycles. The third-order valence-corrected chi connectivity index (χ3v) is 4.18. The number of hydrogen-bond acceptors (Lipinski definition) is 8. The summed E-state index contributed by atoms with van der Waals surface area (Å²) in [5, 5.41) is 15.4. The zero-order valence-corrected chi connectivity index (χ0v) is 16.9. The van der Waals surface area contributed by atoms with Crippen molar-refractivity contribution in [2.24, 2.45) is 0 Å². The summed E-state index contributed by atoms with van der Waals surface area (Å²) in [6.07, 6.45) is 0. The molecule has 3 aromatic rings. The van der Waals surface area contributed by atoms with Crippen molar-refractivity contribution in [3.63, 3.8) is 0 Å². The molecule has 0 amide bonds. The molecule has 0 radical (unpaired) electrons. The zero-order chi connectivity index (χ0) is 21.3. The van der Waals surface area contributed by atoms with Crippen molar-refractivity contribution in [1.82, 2.24) is 9.97 Å². The van der Waals surface area contributed by atoms with E-state index in [2.05, 4.69) is 20.6 Å². The SMILES string of the molecule is CCOC(=O)c1c(NCCO)nc(-c2ccccc2)nc1Nc1ccccc1OC. The van der Waals surface area contributed by atoms with E-state index < -0.39 is 5.97 Å². The Morgan fingerprint density at radius 1 is 1.03 bits per heavy atom. The molecule has 8 heteroatoms. The molecule has 0 fully saturated rings. The van der Waals surface area contributed by atoms with E-state index >= 15 is 0 Å². The maximum Gasteiger partial charge on any atom is 0.345 e. The van der Waals surface area contributed by atoms with Gasteiger partial charge in [0.1, 0.15) is 17.1 Å². The van der Waals surface area contributed by atoms with Crippen molar-refractivity contribution in [2.75, 3.05) is 37.5 Å². The van der Waals surface area contributed by atoms with Crippen LogP contribution in [0.2, 0.25) is 0 Å². The van der Waals surface area contributed by atoms with E-state index in [1.54, 1.807) is 20.1 Å². The first-order valence-corrected chi connectivity index (χ1v) is 9.57. The summed E-state index contributed by atoms with van der Waals surface area (Å²) < 4.78 is 10.6. The normalized spacial score (nSPS) is 10.4. The Morgan fingerprint density at radius 3 is 2.43 bits per heavy atom. The number of esters is 1. The van der Waals surface area contributed by atoms with Crippen LogP contribution in [-0.4, -0.2) is 47.9 Å². The molecule has 1 heterocycles. The summed E-state index contributed by atoms with van der Waals surface area (Å²) in [6.45, 7) is 2.02. The smallest absolute Gasteiger partial charge is 0.345 e. The fraction of sp³-hybridized carbons (Fsp3) is 0.227. The van der Waals surface area contributed by atoms with E-state index in [1.807, 2.05) is 48.5 Å².